The van der Waals surface area contributed by atoms with Gasteiger partial charge in [-0.05, 0) is 56.5 Å². The first kappa shape index (κ1) is 15.9. The molecular weight excluding hydrogens is 306 g/mol. The number of thiophene rings is 1. The number of benzene rings is 1. The van der Waals surface area contributed by atoms with Crippen LogP contribution in [0.5, 0.6) is 5.75 Å². The SMILES string of the molecule is C[C@@H](NC(=O)C(C)(C)Oc1ccc(Cl)cc1)c1cccs1. The molecule has 1 atom stereocenters. The lowest BCUT2D eigenvalue weighted by Gasteiger charge is -2.27. The number of carbonyl (C=O) groups excluding carboxylic acids is 1. The Labute approximate surface area is 133 Å². The lowest BCUT2D eigenvalue weighted by atomic mass is 10.1. The van der Waals surface area contributed by atoms with E-state index in [0.29, 0.717) is 10.8 Å². The van der Waals surface area contributed by atoms with Gasteiger partial charge in [-0.15, -0.1) is 11.3 Å². The highest BCUT2D eigenvalue weighted by atomic mass is 35.5. The number of halogens is 1. The van der Waals surface area contributed by atoms with Gasteiger partial charge in [-0.3, -0.25) is 4.79 Å². The fraction of sp³-hybridized carbons (Fsp3) is 0.312. The minimum absolute atomic E-state index is 0.0365. The highest BCUT2D eigenvalue weighted by molar-refractivity contribution is 7.10. The van der Waals surface area contributed by atoms with Crippen LogP contribution in [0.4, 0.5) is 0 Å². The van der Waals surface area contributed by atoms with Crippen LogP contribution in [-0.2, 0) is 4.79 Å². The smallest absolute Gasteiger partial charge is 0.264 e. The normalized spacial score (nSPS) is 12.8. The van der Waals surface area contributed by atoms with Crippen molar-refractivity contribution in [2.24, 2.45) is 0 Å². The predicted octanol–water partition coefficient (Wildman–Crippen LogP) is 4.44. The summed E-state index contributed by atoms with van der Waals surface area (Å²) in [5, 5.41) is 5.60. The van der Waals surface area contributed by atoms with Gasteiger partial charge in [-0.2, -0.15) is 0 Å². The molecule has 1 N–H and O–H groups in total. The Morgan fingerprint density at radius 2 is 1.95 bits per heavy atom. The van der Waals surface area contributed by atoms with E-state index in [9.17, 15) is 4.79 Å². The zero-order chi connectivity index (χ0) is 15.5. The van der Waals surface area contributed by atoms with Crippen LogP contribution in [-0.4, -0.2) is 11.5 Å². The van der Waals surface area contributed by atoms with Crippen molar-refractivity contribution in [3.8, 4) is 5.75 Å². The van der Waals surface area contributed by atoms with Gasteiger partial charge in [-0.25, -0.2) is 0 Å². The first-order valence-corrected chi connectivity index (χ1v) is 7.93. The summed E-state index contributed by atoms with van der Waals surface area (Å²) in [5.41, 5.74) is -0.959. The first-order chi connectivity index (χ1) is 9.88. The zero-order valence-corrected chi connectivity index (χ0v) is 13.8. The van der Waals surface area contributed by atoms with E-state index >= 15 is 0 Å². The van der Waals surface area contributed by atoms with Crippen LogP contribution in [0.15, 0.2) is 41.8 Å². The fourth-order valence-corrected chi connectivity index (χ4v) is 2.68. The maximum Gasteiger partial charge on any atom is 0.264 e. The van der Waals surface area contributed by atoms with Gasteiger partial charge in [0.1, 0.15) is 5.75 Å². The van der Waals surface area contributed by atoms with Crippen LogP contribution in [0.3, 0.4) is 0 Å². The van der Waals surface area contributed by atoms with Crippen molar-refractivity contribution in [1.29, 1.82) is 0 Å². The molecule has 5 heteroatoms. The van der Waals surface area contributed by atoms with Gasteiger partial charge >= 0.3 is 0 Å². The maximum absolute atomic E-state index is 12.4. The quantitative estimate of drug-likeness (QED) is 0.883. The highest BCUT2D eigenvalue weighted by Gasteiger charge is 2.31. The van der Waals surface area contributed by atoms with Crippen molar-refractivity contribution in [3.63, 3.8) is 0 Å². The Balaban J connectivity index is 2.01. The van der Waals surface area contributed by atoms with E-state index in [2.05, 4.69) is 5.32 Å². The third-order valence-electron chi connectivity index (χ3n) is 3.05. The molecule has 3 nitrogen and oxygen atoms in total. The van der Waals surface area contributed by atoms with Gasteiger partial charge in [0.2, 0.25) is 0 Å². The van der Waals surface area contributed by atoms with Crippen molar-refractivity contribution in [2.75, 3.05) is 0 Å². The number of hydrogen-bond donors (Lipinski definition) is 1. The molecule has 0 radical (unpaired) electrons. The van der Waals surface area contributed by atoms with Gasteiger partial charge < -0.3 is 10.1 Å². The van der Waals surface area contributed by atoms with E-state index < -0.39 is 5.60 Å². The molecule has 0 aliphatic heterocycles. The Kier molecular flexibility index (Phi) is 4.91. The molecule has 0 unspecified atom stereocenters. The van der Waals surface area contributed by atoms with Gasteiger partial charge in [0, 0.05) is 9.90 Å². The summed E-state index contributed by atoms with van der Waals surface area (Å²) in [4.78, 5) is 13.5. The molecule has 0 spiro atoms. The Morgan fingerprint density at radius 3 is 2.52 bits per heavy atom. The molecule has 0 aliphatic rings. The van der Waals surface area contributed by atoms with E-state index in [1.165, 1.54) is 0 Å². The lowest BCUT2D eigenvalue weighted by molar-refractivity contribution is -0.134. The molecule has 0 saturated carbocycles. The van der Waals surface area contributed by atoms with Crippen molar-refractivity contribution in [3.05, 3.63) is 51.7 Å². The Hall–Kier alpha value is -1.52. The van der Waals surface area contributed by atoms with E-state index in [-0.39, 0.29) is 11.9 Å². The molecular formula is C16H18ClNO2S. The third kappa shape index (κ3) is 4.22. The molecule has 1 aromatic carbocycles. The molecule has 21 heavy (non-hydrogen) atoms. The maximum atomic E-state index is 12.4. The van der Waals surface area contributed by atoms with Gasteiger partial charge in [0.15, 0.2) is 5.60 Å². The summed E-state index contributed by atoms with van der Waals surface area (Å²) in [5.74, 6) is 0.460. The third-order valence-corrected chi connectivity index (χ3v) is 4.36. The number of carbonyl (C=O) groups is 1. The molecule has 0 aliphatic carbocycles. The molecule has 0 bridgehead atoms. The molecule has 2 rings (SSSR count). The van der Waals surface area contributed by atoms with Crippen molar-refractivity contribution in [2.45, 2.75) is 32.4 Å². The second-order valence-corrected chi connectivity index (χ2v) is 6.69. The molecule has 2 aromatic rings. The largest absolute Gasteiger partial charge is 0.478 e. The number of hydrogen-bond acceptors (Lipinski definition) is 3. The van der Waals surface area contributed by atoms with Crippen molar-refractivity contribution >= 4 is 28.8 Å². The van der Waals surface area contributed by atoms with E-state index in [4.69, 9.17) is 16.3 Å². The summed E-state index contributed by atoms with van der Waals surface area (Å²) in [6, 6.07) is 10.9. The van der Waals surface area contributed by atoms with Crippen LogP contribution in [0, 0.1) is 0 Å². The van der Waals surface area contributed by atoms with Crippen LogP contribution in [0.25, 0.3) is 0 Å². The number of amides is 1. The molecule has 0 saturated heterocycles. The monoisotopic (exact) mass is 323 g/mol. The molecule has 0 fully saturated rings. The van der Waals surface area contributed by atoms with Gasteiger partial charge in [0.25, 0.3) is 5.91 Å². The van der Waals surface area contributed by atoms with E-state index in [0.717, 1.165) is 4.88 Å². The fourth-order valence-electron chi connectivity index (χ4n) is 1.82. The topological polar surface area (TPSA) is 38.3 Å². The summed E-state index contributed by atoms with van der Waals surface area (Å²) < 4.78 is 5.77. The highest BCUT2D eigenvalue weighted by Crippen LogP contribution is 2.23. The van der Waals surface area contributed by atoms with Crippen molar-refractivity contribution < 1.29 is 9.53 Å². The minimum atomic E-state index is -0.959. The molecule has 1 aromatic heterocycles. The second kappa shape index (κ2) is 6.50. The van der Waals surface area contributed by atoms with Crippen LogP contribution >= 0.6 is 22.9 Å². The van der Waals surface area contributed by atoms with E-state index in [1.54, 1.807) is 49.4 Å². The average Bonchev–Trinajstić information content (AvgIpc) is 2.95. The standard InChI is InChI=1S/C16H18ClNO2S/c1-11(14-5-4-10-21-14)18-15(19)16(2,3)20-13-8-6-12(17)7-9-13/h4-11H,1-3H3,(H,18,19)/t11-/m1/s1. The Bertz CT molecular complexity index is 593. The lowest BCUT2D eigenvalue weighted by Crippen LogP contribution is -2.47. The summed E-state index contributed by atoms with van der Waals surface area (Å²) in [7, 11) is 0. The number of ether oxygens (including phenoxy) is 1. The second-order valence-electron chi connectivity index (χ2n) is 5.28. The molecule has 1 heterocycles. The van der Waals surface area contributed by atoms with Crippen molar-refractivity contribution in [1.82, 2.24) is 5.32 Å². The minimum Gasteiger partial charge on any atom is -0.478 e. The van der Waals surface area contributed by atoms with Crippen LogP contribution in [0.2, 0.25) is 5.02 Å². The summed E-state index contributed by atoms with van der Waals surface area (Å²) >= 11 is 7.46. The molecule has 112 valence electrons. The summed E-state index contributed by atoms with van der Waals surface area (Å²) in [6.07, 6.45) is 0. The summed E-state index contributed by atoms with van der Waals surface area (Å²) in [6.45, 7) is 5.46. The van der Waals surface area contributed by atoms with Gasteiger partial charge in [0.05, 0.1) is 6.04 Å². The van der Waals surface area contributed by atoms with Gasteiger partial charge in [-0.1, -0.05) is 17.7 Å². The zero-order valence-electron chi connectivity index (χ0n) is 12.2. The first-order valence-electron chi connectivity index (χ1n) is 6.67. The van der Waals surface area contributed by atoms with E-state index in [1.807, 2.05) is 24.4 Å². The molecule has 1 amide bonds. The average molecular weight is 324 g/mol. The predicted molar refractivity (Wildman–Crippen MR) is 87.0 cm³/mol. The number of nitrogens with one attached hydrogen (secondary N) is 1. The van der Waals surface area contributed by atoms with Crippen LogP contribution in [0.1, 0.15) is 31.7 Å². The van der Waals surface area contributed by atoms with Crippen LogP contribution < -0.4 is 10.1 Å². The Morgan fingerprint density at radius 1 is 1.29 bits per heavy atom. The number of rotatable bonds is 5.